The van der Waals surface area contributed by atoms with Crippen LogP contribution < -0.4 is 11.1 Å². The number of thiazole rings is 1. The van der Waals surface area contributed by atoms with Crippen molar-refractivity contribution in [3.05, 3.63) is 45.1 Å². The number of rotatable bonds is 8. The standard InChI is InChI=1S/C17H20N4O2S2/c1-11-13(16(18)22)8-15(21(11)9-12-4-3-7-24-12)14-10-25-17(20-14)19-5-6-23-2/h3-4,7-8,10H,5-6,9H2,1-2H3,(H2,18,22)(H,19,20). The molecule has 132 valence electrons. The van der Waals surface area contributed by atoms with Gasteiger partial charge in [0.2, 0.25) is 0 Å². The van der Waals surface area contributed by atoms with Gasteiger partial charge in [-0.25, -0.2) is 4.98 Å². The van der Waals surface area contributed by atoms with Crippen molar-refractivity contribution in [1.82, 2.24) is 9.55 Å². The van der Waals surface area contributed by atoms with Crippen LogP contribution in [-0.2, 0) is 11.3 Å². The molecule has 3 aromatic rings. The number of hydrogen-bond donors (Lipinski definition) is 2. The lowest BCUT2D eigenvalue weighted by Crippen LogP contribution is -2.12. The maximum Gasteiger partial charge on any atom is 0.250 e. The van der Waals surface area contributed by atoms with E-state index < -0.39 is 5.91 Å². The zero-order valence-corrected chi connectivity index (χ0v) is 15.7. The average molecular weight is 377 g/mol. The number of thiophene rings is 1. The Hall–Kier alpha value is -2.16. The summed E-state index contributed by atoms with van der Waals surface area (Å²) in [7, 11) is 1.67. The van der Waals surface area contributed by atoms with Gasteiger partial charge in [-0.1, -0.05) is 6.07 Å². The Morgan fingerprint density at radius 2 is 2.28 bits per heavy atom. The fraction of sp³-hybridized carbons (Fsp3) is 0.294. The fourth-order valence-corrected chi connectivity index (χ4v) is 4.03. The van der Waals surface area contributed by atoms with Gasteiger partial charge in [-0.15, -0.1) is 22.7 Å². The van der Waals surface area contributed by atoms with Crippen LogP contribution in [0.5, 0.6) is 0 Å². The molecule has 6 nitrogen and oxygen atoms in total. The Bertz CT molecular complexity index is 852. The molecule has 0 bridgehead atoms. The van der Waals surface area contributed by atoms with Crippen molar-refractivity contribution in [3.63, 3.8) is 0 Å². The maximum absolute atomic E-state index is 11.8. The minimum atomic E-state index is -0.419. The first-order valence-electron chi connectivity index (χ1n) is 7.81. The van der Waals surface area contributed by atoms with Crippen LogP contribution in [0.2, 0.25) is 0 Å². The Morgan fingerprint density at radius 3 is 2.96 bits per heavy atom. The number of hydrogen-bond acceptors (Lipinski definition) is 6. The van der Waals surface area contributed by atoms with Crippen molar-refractivity contribution in [2.75, 3.05) is 25.6 Å². The summed E-state index contributed by atoms with van der Waals surface area (Å²) in [5.41, 5.74) is 8.66. The van der Waals surface area contributed by atoms with Gasteiger partial charge in [0, 0.05) is 29.6 Å². The highest BCUT2D eigenvalue weighted by Crippen LogP contribution is 2.30. The minimum Gasteiger partial charge on any atom is -0.383 e. The lowest BCUT2D eigenvalue weighted by atomic mass is 10.2. The molecule has 25 heavy (non-hydrogen) atoms. The van der Waals surface area contributed by atoms with E-state index in [1.165, 1.54) is 16.2 Å². The van der Waals surface area contributed by atoms with Gasteiger partial charge in [0.1, 0.15) is 0 Å². The Morgan fingerprint density at radius 1 is 1.44 bits per heavy atom. The molecule has 1 amide bonds. The number of aromatic nitrogens is 2. The molecular weight excluding hydrogens is 356 g/mol. The molecule has 3 aromatic heterocycles. The van der Waals surface area contributed by atoms with E-state index in [9.17, 15) is 4.79 Å². The van der Waals surface area contributed by atoms with Crippen LogP contribution in [0, 0.1) is 6.92 Å². The smallest absolute Gasteiger partial charge is 0.250 e. The van der Waals surface area contributed by atoms with Gasteiger partial charge in [0.25, 0.3) is 5.91 Å². The third-order valence-electron chi connectivity index (χ3n) is 3.88. The van der Waals surface area contributed by atoms with Crippen LogP contribution in [0.15, 0.2) is 29.0 Å². The van der Waals surface area contributed by atoms with Gasteiger partial charge >= 0.3 is 0 Å². The summed E-state index contributed by atoms with van der Waals surface area (Å²) in [4.78, 5) is 17.6. The van der Waals surface area contributed by atoms with Crippen molar-refractivity contribution in [2.45, 2.75) is 13.5 Å². The maximum atomic E-state index is 11.8. The molecule has 0 spiro atoms. The molecule has 3 N–H and O–H groups in total. The summed E-state index contributed by atoms with van der Waals surface area (Å²) in [6.07, 6.45) is 0. The van der Waals surface area contributed by atoms with Crippen LogP contribution in [-0.4, -0.2) is 35.7 Å². The monoisotopic (exact) mass is 376 g/mol. The number of carbonyl (C=O) groups is 1. The van der Waals surface area contributed by atoms with Crippen LogP contribution in [0.4, 0.5) is 5.13 Å². The molecule has 0 aromatic carbocycles. The van der Waals surface area contributed by atoms with Crippen LogP contribution >= 0.6 is 22.7 Å². The normalized spacial score (nSPS) is 11.0. The predicted molar refractivity (Wildman–Crippen MR) is 103 cm³/mol. The van der Waals surface area contributed by atoms with Gasteiger partial charge in [-0.05, 0) is 24.4 Å². The first kappa shape index (κ1) is 17.7. The lowest BCUT2D eigenvalue weighted by Gasteiger charge is -2.09. The largest absolute Gasteiger partial charge is 0.383 e. The first-order valence-corrected chi connectivity index (χ1v) is 9.57. The van der Waals surface area contributed by atoms with E-state index in [2.05, 4.69) is 20.9 Å². The molecule has 8 heteroatoms. The van der Waals surface area contributed by atoms with Gasteiger partial charge in [-0.3, -0.25) is 4.79 Å². The van der Waals surface area contributed by atoms with E-state index in [-0.39, 0.29) is 0 Å². The van der Waals surface area contributed by atoms with Crippen molar-refractivity contribution in [3.8, 4) is 11.4 Å². The van der Waals surface area contributed by atoms with E-state index in [0.717, 1.165) is 22.2 Å². The highest BCUT2D eigenvalue weighted by atomic mass is 32.1. The first-order chi connectivity index (χ1) is 12.1. The van der Waals surface area contributed by atoms with E-state index in [0.29, 0.717) is 25.3 Å². The molecule has 3 rings (SSSR count). The minimum absolute atomic E-state index is 0.419. The topological polar surface area (TPSA) is 82.2 Å². The number of methoxy groups -OCH3 is 1. The number of amides is 1. The van der Waals surface area contributed by atoms with Crippen molar-refractivity contribution >= 4 is 33.7 Å². The SMILES string of the molecule is COCCNc1nc(-c2cc(C(N)=O)c(C)n2Cc2cccs2)cs1. The summed E-state index contributed by atoms with van der Waals surface area (Å²) >= 11 is 3.22. The average Bonchev–Trinajstić information content (AvgIpc) is 3.30. The quantitative estimate of drug-likeness (QED) is 0.592. The lowest BCUT2D eigenvalue weighted by molar-refractivity contribution is 0.0999. The number of carbonyl (C=O) groups excluding carboxylic acids is 1. The number of anilines is 1. The molecule has 0 radical (unpaired) electrons. The van der Waals surface area contributed by atoms with Crippen molar-refractivity contribution < 1.29 is 9.53 Å². The Labute approximate surface area is 154 Å². The van der Waals surface area contributed by atoms with Gasteiger partial charge in [0.05, 0.1) is 30.1 Å². The zero-order valence-electron chi connectivity index (χ0n) is 14.1. The Kier molecular flexibility index (Phi) is 5.52. The fourth-order valence-electron chi connectivity index (χ4n) is 2.60. The number of nitrogens with zero attached hydrogens (tertiary/aromatic N) is 2. The van der Waals surface area contributed by atoms with Gasteiger partial charge in [-0.2, -0.15) is 0 Å². The van der Waals surface area contributed by atoms with E-state index in [4.69, 9.17) is 10.5 Å². The number of primary amides is 1. The molecule has 0 fully saturated rings. The second-order valence-corrected chi connectivity index (χ2v) is 7.41. The Balaban J connectivity index is 1.94. The van der Waals surface area contributed by atoms with Crippen molar-refractivity contribution in [2.24, 2.45) is 5.73 Å². The molecule has 0 aliphatic carbocycles. The van der Waals surface area contributed by atoms with Crippen LogP contribution in [0.3, 0.4) is 0 Å². The second-order valence-electron chi connectivity index (χ2n) is 5.52. The summed E-state index contributed by atoms with van der Waals surface area (Å²) < 4.78 is 7.14. The molecule has 0 unspecified atom stereocenters. The summed E-state index contributed by atoms with van der Waals surface area (Å²) in [6, 6.07) is 5.93. The highest BCUT2D eigenvalue weighted by Gasteiger charge is 2.19. The molecule has 0 saturated carbocycles. The third kappa shape index (κ3) is 3.92. The molecule has 0 saturated heterocycles. The molecule has 0 aliphatic rings. The highest BCUT2D eigenvalue weighted by molar-refractivity contribution is 7.14. The van der Waals surface area contributed by atoms with Crippen molar-refractivity contribution in [1.29, 1.82) is 0 Å². The summed E-state index contributed by atoms with van der Waals surface area (Å²) in [6.45, 7) is 3.93. The van der Waals surface area contributed by atoms with E-state index in [1.807, 2.05) is 29.8 Å². The number of nitrogens with two attached hydrogens (primary N) is 1. The summed E-state index contributed by atoms with van der Waals surface area (Å²) in [5.74, 6) is -0.419. The van der Waals surface area contributed by atoms with E-state index >= 15 is 0 Å². The van der Waals surface area contributed by atoms with E-state index in [1.54, 1.807) is 18.4 Å². The second kappa shape index (κ2) is 7.81. The zero-order chi connectivity index (χ0) is 17.8. The number of nitrogens with one attached hydrogen (secondary N) is 1. The molecule has 0 aliphatic heterocycles. The van der Waals surface area contributed by atoms with Gasteiger partial charge < -0.3 is 20.4 Å². The van der Waals surface area contributed by atoms with Crippen LogP contribution in [0.1, 0.15) is 20.9 Å². The van der Waals surface area contributed by atoms with Gasteiger partial charge in [0.15, 0.2) is 5.13 Å². The molecule has 0 atom stereocenters. The predicted octanol–water partition coefficient (Wildman–Crippen LogP) is 3.19. The van der Waals surface area contributed by atoms with Crippen LogP contribution in [0.25, 0.3) is 11.4 Å². The molecule has 3 heterocycles. The summed E-state index contributed by atoms with van der Waals surface area (Å²) in [5, 5.41) is 8.09. The molecular formula is C17H20N4O2S2. The third-order valence-corrected chi connectivity index (χ3v) is 5.54. The number of ether oxygens (including phenoxy) is 1.